The Morgan fingerprint density at radius 1 is 0.833 bits per heavy atom. The second-order valence-corrected chi connectivity index (χ2v) is 4.05. The summed E-state index contributed by atoms with van der Waals surface area (Å²) in [4.78, 5) is 4.43. The molecule has 0 amide bonds. The molecule has 18 heavy (non-hydrogen) atoms. The van der Waals surface area contributed by atoms with Gasteiger partial charge in [0.05, 0.1) is 5.52 Å². The zero-order valence-corrected chi connectivity index (χ0v) is 11.7. The summed E-state index contributed by atoms with van der Waals surface area (Å²) in [5.41, 5.74) is 1.82. The molecule has 0 saturated carbocycles. The molecule has 2 aromatic heterocycles. The van der Waals surface area contributed by atoms with Crippen molar-refractivity contribution in [2.45, 2.75) is 0 Å². The maximum atomic E-state index is 4.43. The summed E-state index contributed by atoms with van der Waals surface area (Å²) in [6.07, 6.45) is 3.61. The molecule has 0 aliphatic carbocycles. The standard InChI is InChI=1S/C14H8N3.Ir/c1-2-5-10-9(4-1)11-6-3-7-15-13(11)14-12(10)8-16-17-14;/h1-8H;/q-1;. The van der Waals surface area contributed by atoms with Gasteiger partial charge in [0, 0.05) is 37.9 Å². The molecule has 0 saturated heterocycles. The van der Waals surface area contributed by atoms with Crippen LogP contribution in [0, 0.1) is 0 Å². The van der Waals surface area contributed by atoms with Crippen LogP contribution in [0.3, 0.4) is 0 Å². The normalized spacial score (nSPS) is 10.9. The summed E-state index contributed by atoms with van der Waals surface area (Å²) in [7, 11) is 0. The van der Waals surface area contributed by atoms with Crippen LogP contribution in [0.1, 0.15) is 0 Å². The Balaban J connectivity index is 0.000001000. The Hall–Kier alpha value is -1.77. The summed E-state index contributed by atoms with van der Waals surface area (Å²) in [5.74, 6) is 0. The second kappa shape index (κ2) is 4.16. The number of nitrogens with zero attached hydrogens (tertiary/aromatic N) is 3. The Morgan fingerprint density at radius 2 is 1.56 bits per heavy atom. The molecule has 2 aromatic carbocycles. The summed E-state index contributed by atoms with van der Waals surface area (Å²) in [6, 6.07) is 12.3. The van der Waals surface area contributed by atoms with Crippen LogP contribution in [-0.4, -0.2) is 10.1 Å². The van der Waals surface area contributed by atoms with Crippen molar-refractivity contribution in [2.75, 3.05) is 0 Å². The van der Waals surface area contributed by atoms with Gasteiger partial charge in [-0.15, -0.1) is 0 Å². The van der Waals surface area contributed by atoms with Gasteiger partial charge < -0.3 is 10.2 Å². The minimum Gasteiger partial charge on any atom is -0.573 e. The number of aromatic nitrogens is 3. The van der Waals surface area contributed by atoms with Crippen molar-refractivity contribution >= 4 is 32.6 Å². The summed E-state index contributed by atoms with van der Waals surface area (Å²) in [5, 5.41) is 12.8. The molecule has 0 fully saturated rings. The van der Waals surface area contributed by atoms with E-state index in [0.717, 1.165) is 21.8 Å². The molecule has 3 nitrogen and oxygen atoms in total. The van der Waals surface area contributed by atoms with E-state index in [4.69, 9.17) is 0 Å². The third-order valence-electron chi connectivity index (χ3n) is 3.14. The zero-order valence-electron chi connectivity index (χ0n) is 9.29. The van der Waals surface area contributed by atoms with Crippen LogP contribution in [0.25, 0.3) is 32.6 Å². The first-order chi connectivity index (χ1) is 8.45. The largest absolute Gasteiger partial charge is 0.573 e. The predicted octanol–water partition coefficient (Wildman–Crippen LogP) is 2.89. The average molecular weight is 410 g/mol. The summed E-state index contributed by atoms with van der Waals surface area (Å²) in [6.45, 7) is 0. The van der Waals surface area contributed by atoms with Crippen LogP contribution >= 0.6 is 0 Å². The predicted molar refractivity (Wildman–Crippen MR) is 67.9 cm³/mol. The number of hydrogen-bond donors (Lipinski definition) is 0. The number of rotatable bonds is 0. The van der Waals surface area contributed by atoms with Gasteiger partial charge in [0.15, 0.2) is 0 Å². The van der Waals surface area contributed by atoms with E-state index in [1.807, 2.05) is 24.4 Å². The summed E-state index contributed by atoms with van der Waals surface area (Å²) >= 11 is 0. The van der Waals surface area contributed by atoms with Gasteiger partial charge in [0.25, 0.3) is 0 Å². The molecule has 2 heterocycles. The number of fused-ring (bicyclic) bond motifs is 6. The van der Waals surface area contributed by atoms with E-state index in [-0.39, 0.29) is 20.1 Å². The first-order valence-electron chi connectivity index (χ1n) is 5.48. The maximum absolute atomic E-state index is 4.43. The molecule has 0 atom stereocenters. The van der Waals surface area contributed by atoms with Gasteiger partial charge >= 0.3 is 0 Å². The smallest absolute Gasteiger partial charge is 0.0578 e. The van der Waals surface area contributed by atoms with Crippen LogP contribution in [0.5, 0.6) is 0 Å². The molecule has 0 aliphatic heterocycles. The Labute approximate surface area is 117 Å². The fraction of sp³-hybridized carbons (Fsp3) is 0. The van der Waals surface area contributed by atoms with Gasteiger partial charge in [-0.25, -0.2) is 0 Å². The SMILES string of the molecule is [Ir].c1ccc2c(c1)c1cccnc1c1[n-]ncc21. The van der Waals surface area contributed by atoms with Crippen LogP contribution in [-0.2, 0) is 20.1 Å². The molecule has 0 spiro atoms. The van der Waals surface area contributed by atoms with Crippen molar-refractivity contribution < 1.29 is 20.1 Å². The first kappa shape index (κ1) is 11.3. The van der Waals surface area contributed by atoms with E-state index < -0.39 is 0 Å². The van der Waals surface area contributed by atoms with Crippen molar-refractivity contribution in [2.24, 2.45) is 0 Å². The Morgan fingerprint density at radius 3 is 2.39 bits per heavy atom. The van der Waals surface area contributed by atoms with E-state index in [2.05, 4.69) is 33.4 Å². The van der Waals surface area contributed by atoms with E-state index >= 15 is 0 Å². The maximum Gasteiger partial charge on any atom is 0.0578 e. The van der Waals surface area contributed by atoms with E-state index in [1.165, 1.54) is 10.8 Å². The molecular formula is C14H8IrN3-. The van der Waals surface area contributed by atoms with Crippen molar-refractivity contribution in [3.63, 3.8) is 0 Å². The van der Waals surface area contributed by atoms with Crippen LogP contribution in [0.2, 0.25) is 0 Å². The third kappa shape index (κ3) is 1.40. The second-order valence-electron chi connectivity index (χ2n) is 4.05. The molecule has 0 aliphatic rings. The van der Waals surface area contributed by atoms with E-state index in [1.54, 1.807) is 6.20 Å². The first-order valence-corrected chi connectivity index (χ1v) is 5.48. The number of hydrogen-bond acceptors (Lipinski definition) is 2. The van der Waals surface area contributed by atoms with Gasteiger partial charge in [-0.05, 0) is 22.2 Å². The molecular weight excluding hydrogens is 402 g/mol. The Bertz CT molecular complexity index is 781. The van der Waals surface area contributed by atoms with Crippen LogP contribution in [0.4, 0.5) is 0 Å². The van der Waals surface area contributed by atoms with Crippen LogP contribution < -0.4 is 5.10 Å². The fourth-order valence-electron chi connectivity index (χ4n) is 2.40. The minimum atomic E-state index is 0. The molecule has 0 bridgehead atoms. The fourth-order valence-corrected chi connectivity index (χ4v) is 2.40. The number of benzene rings is 2. The van der Waals surface area contributed by atoms with Gasteiger partial charge in [-0.1, -0.05) is 35.8 Å². The van der Waals surface area contributed by atoms with Crippen molar-refractivity contribution in [3.8, 4) is 0 Å². The average Bonchev–Trinajstić information content (AvgIpc) is 2.89. The third-order valence-corrected chi connectivity index (χ3v) is 3.14. The van der Waals surface area contributed by atoms with E-state index in [0.29, 0.717) is 0 Å². The molecule has 0 N–H and O–H groups in total. The molecule has 0 unspecified atom stereocenters. The van der Waals surface area contributed by atoms with Crippen molar-refractivity contribution in [1.82, 2.24) is 15.2 Å². The minimum absolute atomic E-state index is 0. The van der Waals surface area contributed by atoms with Gasteiger partial charge in [0.1, 0.15) is 0 Å². The van der Waals surface area contributed by atoms with Crippen molar-refractivity contribution in [1.29, 1.82) is 0 Å². The van der Waals surface area contributed by atoms with Crippen molar-refractivity contribution in [3.05, 3.63) is 48.8 Å². The zero-order chi connectivity index (χ0) is 11.2. The molecule has 4 aromatic rings. The summed E-state index contributed by atoms with van der Waals surface area (Å²) < 4.78 is 0. The van der Waals surface area contributed by atoms with Gasteiger partial charge in [0.2, 0.25) is 0 Å². The number of pyridine rings is 1. The van der Waals surface area contributed by atoms with Gasteiger partial charge in [-0.3, -0.25) is 4.98 Å². The monoisotopic (exact) mass is 411 g/mol. The topological polar surface area (TPSA) is 39.9 Å². The van der Waals surface area contributed by atoms with Crippen LogP contribution in [0.15, 0.2) is 48.8 Å². The van der Waals surface area contributed by atoms with Gasteiger partial charge in [-0.2, -0.15) is 0 Å². The quantitative estimate of drug-likeness (QED) is 0.419. The molecule has 89 valence electrons. The van der Waals surface area contributed by atoms with E-state index in [9.17, 15) is 0 Å². The molecule has 1 radical (unpaired) electrons. The molecule has 4 heteroatoms. The molecule has 4 rings (SSSR count). The Kier molecular flexibility index (Phi) is 2.62.